The summed E-state index contributed by atoms with van der Waals surface area (Å²) in [6.07, 6.45) is 3.93. The van der Waals surface area contributed by atoms with Crippen LogP contribution in [0, 0.1) is 0 Å². The van der Waals surface area contributed by atoms with Gasteiger partial charge in [0.05, 0.1) is 0 Å². The molecule has 0 N–H and O–H groups in total. The van der Waals surface area contributed by atoms with Crippen molar-refractivity contribution < 1.29 is 4.79 Å². The third kappa shape index (κ3) is 3.59. The summed E-state index contributed by atoms with van der Waals surface area (Å²) < 4.78 is 0. The molecule has 1 aromatic heterocycles. The van der Waals surface area contributed by atoms with E-state index in [1.54, 1.807) is 6.20 Å². The van der Waals surface area contributed by atoms with Crippen molar-refractivity contribution in [3.63, 3.8) is 0 Å². The van der Waals surface area contributed by atoms with Gasteiger partial charge in [0.15, 0.2) is 0 Å². The summed E-state index contributed by atoms with van der Waals surface area (Å²) in [7, 11) is 0. The maximum Gasteiger partial charge on any atom is 0.143 e. The maximum atomic E-state index is 11.0. The highest BCUT2D eigenvalue weighted by molar-refractivity contribution is 6.31. The highest BCUT2D eigenvalue weighted by Crippen LogP contribution is 2.29. The number of allylic oxidation sites excluding steroid dienone is 1. The van der Waals surface area contributed by atoms with Gasteiger partial charge in [0, 0.05) is 11.8 Å². The van der Waals surface area contributed by atoms with Crippen LogP contribution in [0.4, 0.5) is 0 Å². The smallest absolute Gasteiger partial charge is 0.143 e. The lowest BCUT2D eigenvalue weighted by Gasteiger charge is -2.19. The molecule has 2 aromatic rings. The number of halogens is 1. The van der Waals surface area contributed by atoms with Gasteiger partial charge in [-0.3, -0.25) is 4.79 Å². The van der Waals surface area contributed by atoms with Crippen LogP contribution in [0.2, 0.25) is 5.15 Å². The largest absolute Gasteiger partial charge is 0.299 e. The average molecular weight is 300 g/mol. The Morgan fingerprint density at radius 1 is 1.14 bits per heavy atom. The van der Waals surface area contributed by atoms with Gasteiger partial charge >= 0.3 is 0 Å². The second-order valence-corrected chi connectivity index (χ2v) is 6.24. The molecule has 0 saturated carbocycles. The molecule has 2 rings (SSSR count). The standard InChI is InChI=1S/C18H18ClNO/c1-18(2,3)14-8-6-13(7-9-14)15(10-12-21)16-5-4-11-20-17(16)19/h4-12H,1-3H3/b15-10+. The topological polar surface area (TPSA) is 30.0 Å². The number of carbonyl (C=O) groups excluding carboxylic acids is 1. The number of hydrogen-bond acceptors (Lipinski definition) is 2. The van der Waals surface area contributed by atoms with Crippen molar-refractivity contribution >= 4 is 23.5 Å². The first kappa shape index (κ1) is 15.5. The Bertz CT molecular complexity index is 666. The minimum Gasteiger partial charge on any atom is -0.299 e. The lowest BCUT2D eigenvalue weighted by molar-refractivity contribution is -0.104. The molecule has 0 unspecified atom stereocenters. The highest BCUT2D eigenvalue weighted by atomic mass is 35.5. The molecule has 0 bridgehead atoms. The third-order valence-electron chi connectivity index (χ3n) is 3.35. The summed E-state index contributed by atoms with van der Waals surface area (Å²) in [5.74, 6) is 0. The number of aromatic nitrogens is 1. The van der Waals surface area contributed by atoms with Crippen LogP contribution in [-0.2, 0) is 10.2 Å². The van der Waals surface area contributed by atoms with Gasteiger partial charge in [-0.2, -0.15) is 0 Å². The fourth-order valence-corrected chi connectivity index (χ4v) is 2.37. The molecular weight excluding hydrogens is 282 g/mol. The van der Waals surface area contributed by atoms with Crippen LogP contribution in [0.5, 0.6) is 0 Å². The third-order valence-corrected chi connectivity index (χ3v) is 3.65. The molecule has 0 aliphatic heterocycles. The second-order valence-electron chi connectivity index (χ2n) is 5.89. The van der Waals surface area contributed by atoms with E-state index in [-0.39, 0.29) is 5.41 Å². The lowest BCUT2D eigenvalue weighted by atomic mass is 9.86. The van der Waals surface area contributed by atoms with Crippen molar-refractivity contribution in [2.75, 3.05) is 0 Å². The van der Waals surface area contributed by atoms with E-state index in [2.05, 4.69) is 37.9 Å². The number of hydrogen-bond donors (Lipinski definition) is 0. The number of benzene rings is 1. The van der Waals surface area contributed by atoms with Crippen LogP contribution in [0.15, 0.2) is 48.7 Å². The van der Waals surface area contributed by atoms with Gasteiger partial charge in [-0.25, -0.2) is 4.98 Å². The van der Waals surface area contributed by atoms with Crippen molar-refractivity contribution in [2.45, 2.75) is 26.2 Å². The Hall–Kier alpha value is -1.93. The summed E-state index contributed by atoms with van der Waals surface area (Å²) in [6.45, 7) is 6.51. The summed E-state index contributed by atoms with van der Waals surface area (Å²) in [6, 6.07) is 11.9. The number of pyridine rings is 1. The fourth-order valence-electron chi connectivity index (χ4n) is 2.15. The molecule has 1 aromatic carbocycles. The van der Waals surface area contributed by atoms with E-state index in [9.17, 15) is 4.79 Å². The first-order valence-corrected chi connectivity index (χ1v) is 7.18. The van der Waals surface area contributed by atoms with Crippen molar-refractivity contribution in [1.29, 1.82) is 0 Å². The number of carbonyl (C=O) groups is 1. The van der Waals surface area contributed by atoms with E-state index in [4.69, 9.17) is 11.6 Å². The molecule has 3 heteroatoms. The molecule has 0 radical (unpaired) electrons. The van der Waals surface area contributed by atoms with Gasteiger partial charge in [0.2, 0.25) is 0 Å². The average Bonchev–Trinajstić information content (AvgIpc) is 2.45. The molecule has 0 amide bonds. The Labute approximate surface area is 130 Å². The molecule has 108 valence electrons. The van der Waals surface area contributed by atoms with Gasteiger partial charge in [-0.1, -0.05) is 56.6 Å². The fraction of sp³-hybridized carbons (Fsp3) is 0.222. The molecule has 21 heavy (non-hydrogen) atoms. The van der Waals surface area contributed by atoms with E-state index in [0.717, 1.165) is 23.0 Å². The van der Waals surface area contributed by atoms with Crippen molar-refractivity contribution in [3.05, 3.63) is 70.5 Å². The first-order valence-electron chi connectivity index (χ1n) is 6.81. The Morgan fingerprint density at radius 3 is 2.33 bits per heavy atom. The zero-order valence-corrected chi connectivity index (χ0v) is 13.2. The van der Waals surface area contributed by atoms with Gasteiger partial charge < -0.3 is 0 Å². The van der Waals surface area contributed by atoms with E-state index in [1.165, 1.54) is 11.6 Å². The van der Waals surface area contributed by atoms with Gasteiger partial charge in [0.25, 0.3) is 0 Å². The van der Waals surface area contributed by atoms with Crippen molar-refractivity contribution in [2.24, 2.45) is 0 Å². The summed E-state index contributed by atoms with van der Waals surface area (Å²) in [4.78, 5) is 15.0. The zero-order valence-electron chi connectivity index (χ0n) is 12.4. The van der Waals surface area contributed by atoms with E-state index >= 15 is 0 Å². The van der Waals surface area contributed by atoms with E-state index in [0.29, 0.717) is 5.15 Å². The van der Waals surface area contributed by atoms with Gasteiger partial charge in [-0.05, 0) is 40.3 Å². The maximum absolute atomic E-state index is 11.0. The minimum absolute atomic E-state index is 0.0962. The van der Waals surface area contributed by atoms with Crippen LogP contribution >= 0.6 is 11.6 Å². The second kappa shape index (κ2) is 6.23. The Morgan fingerprint density at radius 2 is 1.81 bits per heavy atom. The zero-order chi connectivity index (χ0) is 15.5. The van der Waals surface area contributed by atoms with Crippen molar-refractivity contribution in [1.82, 2.24) is 4.98 Å². The van der Waals surface area contributed by atoms with Crippen LogP contribution in [0.25, 0.3) is 5.57 Å². The quantitative estimate of drug-likeness (QED) is 0.468. The molecule has 0 fully saturated rings. The van der Waals surface area contributed by atoms with Crippen LogP contribution in [0.1, 0.15) is 37.5 Å². The van der Waals surface area contributed by atoms with Crippen molar-refractivity contribution in [3.8, 4) is 0 Å². The van der Waals surface area contributed by atoms with Crippen LogP contribution in [0.3, 0.4) is 0 Å². The summed E-state index contributed by atoms with van der Waals surface area (Å²) in [5.41, 5.74) is 3.83. The Kier molecular flexibility index (Phi) is 4.59. The number of nitrogens with zero attached hydrogens (tertiary/aromatic N) is 1. The minimum atomic E-state index is 0.0962. The molecule has 0 atom stereocenters. The van der Waals surface area contributed by atoms with E-state index < -0.39 is 0 Å². The molecule has 0 saturated heterocycles. The predicted octanol–water partition coefficient (Wildman–Crippen LogP) is 4.66. The Balaban J connectivity index is 2.48. The normalized spacial score (nSPS) is 12.3. The summed E-state index contributed by atoms with van der Waals surface area (Å²) >= 11 is 6.14. The molecule has 1 heterocycles. The van der Waals surface area contributed by atoms with Crippen LogP contribution in [-0.4, -0.2) is 11.3 Å². The number of aldehydes is 1. The molecule has 0 aliphatic carbocycles. The molecule has 2 nitrogen and oxygen atoms in total. The molecular formula is C18H18ClNO. The highest BCUT2D eigenvalue weighted by Gasteiger charge is 2.14. The molecule has 0 aliphatic rings. The lowest BCUT2D eigenvalue weighted by Crippen LogP contribution is -2.10. The van der Waals surface area contributed by atoms with Crippen LogP contribution < -0.4 is 0 Å². The monoisotopic (exact) mass is 299 g/mol. The summed E-state index contributed by atoms with van der Waals surface area (Å²) in [5, 5.41) is 0.394. The predicted molar refractivity (Wildman–Crippen MR) is 87.5 cm³/mol. The SMILES string of the molecule is CC(C)(C)c1ccc(/C(=C\C=O)c2cccnc2Cl)cc1. The number of rotatable bonds is 3. The molecule has 0 spiro atoms. The van der Waals surface area contributed by atoms with E-state index in [1.807, 2.05) is 24.3 Å². The first-order chi connectivity index (χ1) is 9.93. The van der Waals surface area contributed by atoms with Gasteiger partial charge in [0.1, 0.15) is 11.4 Å². The van der Waals surface area contributed by atoms with Gasteiger partial charge in [-0.15, -0.1) is 0 Å².